The standard InChI is InChI=1S/C13H16O3/c1-13(2)15-11(9-6-4-3-5-7-9)12(16-13)10-8-14-10/h3-7,10-12H,8H2,1-2H3/t10-,11+,12+/m1/s1. The van der Waals surface area contributed by atoms with Crippen molar-refractivity contribution in [2.75, 3.05) is 6.61 Å². The van der Waals surface area contributed by atoms with E-state index in [9.17, 15) is 0 Å². The summed E-state index contributed by atoms with van der Waals surface area (Å²) in [6.45, 7) is 4.68. The molecule has 0 bridgehead atoms. The Bertz CT molecular complexity index is 370. The molecule has 0 amide bonds. The molecule has 3 rings (SSSR count). The molecule has 0 aromatic heterocycles. The predicted molar refractivity (Wildman–Crippen MR) is 59.0 cm³/mol. The van der Waals surface area contributed by atoms with Crippen LogP contribution >= 0.6 is 0 Å². The normalized spacial score (nSPS) is 36.2. The Morgan fingerprint density at radius 3 is 2.44 bits per heavy atom. The van der Waals surface area contributed by atoms with Gasteiger partial charge in [0.1, 0.15) is 18.3 Å². The van der Waals surface area contributed by atoms with Crippen LogP contribution in [0.3, 0.4) is 0 Å². The predicted octanol–water partition coefficient (Wildman–Crippen LogP) is 2.28. The van der Waals surface area contributed by atoms with Crippen molar-refractivity contribution < 1.29 is 14.2 Å². The van der Waals surface area contributed by atoms with E-state index >= 15 is 0 Å². The van der Waals surface area contributed by atoms with Crippen molar-refractivity contribution in [3.05, 3.63) is 35.9 Å². The summed E-state index contributed by atoms with van der Waals surface area (Å²) in [7, 11) is 0. The molecule has 0 N–H and O–H groups in total. The second kappa shape index (κ2) is 3.55. The molecule has 0 spiro atoms. The highest BCUT2D eigenvalue weighted by atomic mass is 16.8. The zero-order chi connectivity index (χ0) is 11.2. The molecule has 2 saturated heterocycles. The molecular weight excluding hydrogens is 204 g/mol. The van der Waals surface area contributed by atoms with Gasteiger partial charge in [-0.25, -0.2) is 0 Å². The summed E-state index contributed by atoms with van der Waals surface area (Å²) < 4.78 is 17.2. The molecule has 1 aromatic rings. The van der Waals surface area contributed by atoms with Gasteiger partial charge in [-0.05, 0) is 19.4 Å². The van der Waals surface area contributed by atoms with Gasteiger partial charge in [0.05, 0.1) is 6.61 Å². The summed E-state index contributed by atoms with van der Waals surface area (Å²) in [6, 6.07) is 10.2. The van der Waals surface area contributed by atoms with Crippen LogP contribution in [0.1, 0.15) is 25.5 Å². The average Bonchev–Trinajstić information content (AvgIpc) is 3.04. The molecule has 86 valence electrons. The molecule has 16 heavy (non-hydrogen) atoms. The number of benzene rings is 1. The Hall–Kier alpha value is -0.900. The van der Waals surface area contributed by atoms with E-state index in [0.717, 1.165) is 12.2 Å². The Kier molecular flexibility index (Phi) is 2.28. The molecule has 3 atom stereocenters. The molecule has 2 heterocycles. The average molecular weight is 220 g/mol. The third-order valence-corrected chi connectivity index (χ3v) is 2.98. The lowest BCUT2D eigenvalue weighted by Crippen LogP contribution is -2.24. The fourth-order valence-corrected chi connectivity index (χ4v) is 2.21. The van der Waals surface area contributed by atoms with Gasteiger partial charge in [-0.1, -0.05) is 30.3 Å². The van der Waals surface area contributed by atoms with Crippen molar-refractivity contribution in [1.82, 2.24) is 0 Å². The molecule has 0 radical (unpaired) electrons. The lowest BCUT2D eigenvalue weighted by atomic mass is 10.0. The highest BCUT2D eigenvalue weighted by molar-refractivity contribution is 5.20. The van der Waals surface area contributed by atoms with Crippen LogP contribution in [0.15, 0.2) is 30.3 Å². The van der Waals surface area contributed by atoms with E-state index in [0.29, 0.717) is 0 Å². The minimum absolute atomic E-state index is 0.0105. The number of ether oxygens (including phenoxy) is 3. The molecule has 2 aliphatic heterocycles. The largest absolute Gasteiger partial charge is 0.370 e. The summed E-state index contributed by atoms with van der Waals surface area (Å²) in [5.41, 5.74) is 1.16. The van der Waals surface area contributed by atoms with E-state index in [1.165, 1.54) is 0 Å². The van der Waals surface area contributed by atoms with Crippen LogP contribution in [-0.2, 0) is 14.2 Å². The lowest BCUT2D eigenvalue weighted by Gasteiger charge is -2.16. The molecular formula is C13H16O3. The zero-order valence-electron chi connectivity index (χ0n) is 9.55. The maximum Gasteiger partial charge on any atom is 0.164 e. The van der Waals surface area contributed by atoms with Crippen LogP contribution in [0.25, 0.3) is 0 Å². The van der Waals surface area contributed by atoms with Gasteiger partial charge in [-0.3, -0.25) is 0 Å². The SMILES string of the molecule is CC1(C)O[C@@H]([C@H]2CO2)[C@H](c2ccccc2)O1. The number of hydrogen-bond donors (Lipinski definition) is 0. The van der Waals surface area contributed by atoms with Crippen molar-refractivity contribution in [2.45, 2.75) is 37.9 Å². The number of rotatable bonds is 2. The Morgan fingerprint density at radius 1 is 1.12 bits per heavy atom. The minimum atomic E-state index is -0.517. The fourth-order valence-electron chi connectivity index (χ4n) is 2.21. The Balaban J connectivity index is 1.87. The highest BCUT2D eigenvalue weighted by Gasteiger charge is 2.50. The maximum atomic E-state index is 5.95. The summed E-state index contributed by atoms with van der Waals surface area (Å²) in [5.74, 6) is -0.517. The molecule has 0 aliphatic carbocycles. The molecule has 3 nitrogen and oxygen atoms in total. The second-order valence-electron chi connectivity index (χ2n) is 4.80. The number of epoxide rings is 1. The van der Waals surface area contributed by atoms with Crippen LogP contribution in [0.2, 0.25) is 0 Å². The first-order chi connectivity index (χ1) is 7.66. The summed E-state index contributed by atoms with van der Waals surface area (Å²) in [6.07, 6.45) is 0.216. The fraction of sp³-hybridized carbons (Fsp3) is 0.538. The van der Waals surface area contributed by atoms with Crippen molar-refractivity contribution in [2.24, 2.45) is 0 Å². The first kappa shape index (κ1) is 10.3. The third-order valence-electron chi connectivity index (χ3n) is 2.98. The highest BCUT2D eigenvalue weighted by Crippen LogP contribution is 2.42. The first-order valence-corrected chi connectivity index (χ1v) is 5.68. The van der Waals surface area contributed by atoms with Gasteiger partial charge in [-0.2, -0.15) is 0 Å². The quantitative estimate of drug-likeness (QED) is 0.716. The van der Waals surface area contributed by atoms with E-state index in [1.54, 1.807) is 0 Å². The molecule has 2 aliphatic rings. The smallest absolute Gasteiger partial charge is 0.164 e. The Morgan fingerprint density at radius 2 is 1.81 bits per heavy atom. The number of hydrogen-bond acceptors (Lipinski definition) is 3. The van der Waals surface area contributed by atoms with Gasteiger partial charge in [-0.15, -0.1) is 0 Å². The monoisotopic (exact) mass is 220 g/mol. The second-order valence-corrected chi connectivity index (χ2v) is 4.80. The van der Waals surface area contributed by atoms with Crippen molar-refractivity contribution in [3.63, 3.8) is 0 Å². The molecule has 3 heteroatoms. The van der Waals surface area contributed by atoms with E-state index in [4.69, 9.17) is 14.2 Å². The maximum absolute atomic E-state index is 5.95. The summed E-state index contributed by atoms with van der Waals surface area (Å²) >= 11 is 0. The topological polar surface area (TPSA) is 31.0 Å². The van der Waals surface area contributed by atoms with Gasteiger partial charge in [0.15, 0.2) is 5.79 Å². The van der Waals surface area contributed by atoms with Crippen LogP contribution in [0, 0.1) is 0 Å². The van der Waals surface area contributed by atoms with Gasteiger partial charge < -0.3 is 14.2 Å². The van der Waals surface area contributed by atoms with Crippen molar-refractivity contribution >= 4 is 0 Å². The summed E-state index contributed by atoms with van der Waals surface area (Å²) in [5, 5.41) is 0. The zero-order valence-corrected chi connectivity index (χ0v) is 9.55. The van der Waals surface area contributed by atoms with Gasteiger partial charge in [0, 0.05) is 0 Å². The third kappa shape index (κ3) is 1.86. The molecule has 0 unspecified atom stereocenters. The van der Waals surface area contributed by atoms with Crippen molar-refractivity contribution in [1.29, 1.82) is 0 Å². The van der Waals surface area contributed by atoms with Gasteiger partial charge >= 0.3 is 0 Å². The van der Waals surface area contributed by atoms with Gasteiger partial charge in [0.2, 0.25) is 0 Å². The molecule has 0 saturated carbocycles. The van der Waals surface area contributed by atoms with Crippen LogP contribution in [0.5, 0.6) is 0 Å². The van der Waals surface area contributed by atoms with E-state index < -0.39 is 5.79 Å². The lowest BCUT2D eigenvalue weighted by molar-refractivity contribution is -0.148. The Labute approximate surface area is 95.3 Å². The summed E-state index contributed by atoms with van der Waals surface area (Å²) in [4.78, 5) is 0. The van der Waals surface area contributed by atoms with E-state index in [1.807, 2.05) is 32.0 Å². The van der Waals surface area contributed by atoms with Crippen LogP contribution in [-0.4, -0.2) is 24.6 Å². The molecule has 1 aromatic carbocycles. The van der Waals surface area contributed by atoms with Crippen LogP contribution < -0.4 is 0 Å². The van der Waals surface area contributed by atoms with Crippen LogP contribution in [0.4, 0.5) is 0 Å². The van der Waals surface area contributed by atoms with Crippen molar-refractivity contribution in [3.8, 4) is 0 Å². The van der Waals surface area contributed by atoms with E-state index in [-0.39, 0.29) is 18.3 Å². The molecule has 2 fully saturated rings. The van der Waals surface area contributed by atoms with Gasteiger partial charge in [0.25, 0.3) is 0 Å². The minimum Gasteiger partial charge on any atom is -0.370 e. The van der Waals surface area contributed by atoms with E-state index in [2.05, 4.69) is 12.1 Å². The first-order valence-electron chi connectivity index (χ1n) is 5.68.